The quantitative estimate of drug-likeness (QED) is 0.553. The molecule has 132 valence electrons. The molecule has 7 nitrogen and oxygen atoms in total. The van der Waals surface area contributed by atoms with Gasteiger partial charge < -0.3 is 4.74 Å². The first kappa shape index (κ1) is 16.5. The van der Waals surface area contributed by atoms with Crippen LogP contribution in [0, 0.1) is 11.3 Å². The third-order valence-electron chi connectivity index (χ3n) is 4.25. The molecule has 0 amide bonds. The highest BCUT2D eigenvalue weighted by Crippen LogP contribution is 2.12. The summed E-state index contributed by atoms with van der Waals surface area (Å²) in [7, 11) is 1.60. The van der Waals surface area contributed by atoms with Crippen LogP contribution in [0.2, 0.25) is 0 Å². The molecule has 0 saturated carbocycles. The zero-order chi connectivity index (χ0) is 18.8. The third kappa shape index (κ3) is 2.83. The van der Waals surface area contributed by atoms with Crippen molar-refractivity contribution in [3.63, 3.8) is 0 Å². The fraction of sp³-hybridized carbons (Fsp3) is 0.100. The second-order valence-corrected chi connectivity index (χ2v) is 5.87. The van der Waals surface area contributed by atoms with E-state index in [-0.39, 0.29) is 12.0 Å². The van der Waals surface area contributed by atoms with Crippen LogP contribution >= 0.6 is 0 Å². The Hall–Kier alpha value is -3.92. The summed E-state index contributed by atoms with van der Waals surface area (Å²) in [5, 5.41) is 17.7. The highest BCUT2D eigenvalue weighted by molar-refractivity contribution is 5.53. The Bertz CT molecular complexity index is 1250. The van der Waals surface area contributed by atoms with Gasteiger partial charge in [0, 0.05) is 0 Å². The van der Waals surface area contributed by atoms with E-state index in [9.17, 15) is 4.79 Å². The van der Waals surface area contributed by atoms with E-state index in [0.29, 0.717) is 22.6 Å². The summed E-state index contributed by atoms with van der Waals surface area (Å²) in [6, 6.07) is 18.7. The molecule has 2 aromatic carbocycles. The molecule has 0 radical (unpaired) electrons. The number of para-hydroxylation sites is 1. The Balaban J connectivity index is 2.03. The lowest BCUT2D eigenvalue weighted by atomic mass is 10.2. The Labute approximate surface area is 154 Å². The number of methoxy groups -OCH3 is 1. The molecule has 4 aromatic rings. The minimum Gasteiger partial charge on any atom is -0.497 e. The highest BCUT2D eigenvalue weighted by Gasteiger charge is 2.17. The molecule has 0 saturated heterocycles. The van der Waals surface area contributed by atoms with E-state index in [1.54, 1.807) is 17.6 Å². The van der Waals surface area contributed by atoms with E-state index < -0.39 is 0 Å². The normalized spacial score (nSPS) is 11.6. The second-order valence-electron chi connectivity index (χ2n) is 5.87. The number of ether oxygens (including phenoxy) is 1. The molecule has 2 aromatic heterocycles. The summed E-state index contributed by atoms with van der Waals surface area (Å²) < 4.78 is 8.32. The Kier molecular flexibility index (Phi) is 4.15. The van der Waals surface area contributed by atoms with Crippen molar-refractivity contribution in [1.82, 2.24) is 19.2 Å². The smallest absolute Gasteiger partial charge is 0.282 e. The average molecular weight is 357 g/mol. The molecule has 2 heterocycles. The first-order chi connectivity index (χ1) is 13.2. The lowest BCUT2D eigenvalue weighted by Gasteiger charge is -1.99. The minimum absolute atomic E-state index is 0.0584. The van der Waals surface area contributed by atoms with Crippen LogP contribution < -0.4 is 15.6 Å². The predicted molar refractivity (Wildman–Crippen MR) is 99.7 cm³/mol. The van der Waals surface area contributed by atoms with E-state index in [4.69, 9.17) is 10.00 Å². The SMILES string of the molecule is COc1ccc(/C=c2\c(=O)n(-c3ccccc3)c3nnc(CC#N)n23)cc1. The minimum atomic E-state index is -0.221. The van der Waals surface area contributed by atoms with Crippen molar-refractivity contribution < 1.29 is 4.74 Å². The van der Waals surface area contributed by atoms with E-state index in [1.807, 2.05) is 54.6 Å². The molecule has 0 spiro atoms. The number of hydrogen-bond donors (Lipinski definition) is 0. The van der Waals surface area contributed by atoms with Gasteiger partial charge in [-0.05, 0) is 35.9 Å². The summed E-state index contributed by atoms with van der Waals surface area (Å²) in [5.74, 6) is 1.55. The molecule has 0 unspecified atom stereocenters. The summed E-state index contributed by atoms with van der Waals surface area (Å²) >= 11 is 0. The zero-order valence-electron chi connectivity index (χ0n) is 14.5. The van der Waals surface area contributed by atoms with Gasteiger partial charge in [-0.3, -0.25) is 9.20 Å². The summed E-state index contributed by atoms with van der Waals surface area (Å²) in [5.41, 5.74) is 1.30. The number of fused-ring (bicyclic) bond motifs is 1. The van der Waals surface area contributed by atoms with Crippen molar-refractivity contribution in [3.05, 3.63) is 81.7 Å². The number of benzene rings is 2. The van der Waals surface area contributed by atoms with Crippen LogP contribution in [0.5, 0.6) is 5.75 Å². The van der Waals surface area contributed by atoms with E-state index in [2.05, 4.69) is 16.3 Å². The van der Waals surface area contributed by atoms with E-state index in [0.717, 1.165) is 11.3 Å². The molecule has 4 rings (SSSR count). The van der Waals surface area contributed by atoms with Crippen LogP contribution in [0.4, 0.5) is 0 Å². The number of rotatable bonds is 4. The standard InChI is InChI=1S/C20H15N5O2/c1-27-16-9-7-14(8-10-16)13-17-19(26)24(15-5-3-2-4-6-15)20-23-22-18(11-12-21)25(17)20/h2-10,13H,11H2,1H3/b17-13+. The summed E-state index contributed by atoms with van der Waals surface area (Å²) in [6.07, 6.45) is 1.82. The number of hydrogen-bond acceptors (Lipinski definition) is 5. The van der Waals surface area contributed by atoms with Gasteiger partial charge in [-0.1, -0.05) is 30.3 Å². The molecule has 0 aliphatic heterocycles. The average Bonchev–Trinajstić information content (AvgIpc) is 3.22. The van der Waals surface area contributed by atoms with Crippen LogP contribution in [0.15, 0.2) is 59.4 Å². The van der Waals surface area contributed by atoms with Crippen molar-refractivity contribution in [2.75, 3.05) is 7.11 Å². The Morgan fingerprint density at radius 2 is 1.85 bits per heavy atom. The van der Waals surface area contributed by atoms with E-state index in [1.165, 1.54) is 4.57 Å². The first-order valence-electron chi connectivity index (χ1n) is 8.30. The van der Waals surface area contributed by atoms with Gasteiger partial charge in [0.15, 0.2) is 5.82 Å². The maximum absolute atomic E-state index is 13.2. The van der Waals surface area contributed by atoms with Gasteiger partial charge in [0.2, 0.25) is 5.78 Å². The summed E-state index contributed by atoms with van der Waals surface area (Å²) in [4.78, 5) is 13.2. The fourth-order valence-corrected chi connectivity index (χ4v) is 2.98. The van der Waals surface area contributed by atoms with Gasteiger partial charge in [-0.25, -0.2) is 4.57 Å². The van der Waals surface area contributed by atoms with Crippen molar-refractivity contribution in [1.29, 1.82) is 5.26 Å². The highest BCUT2D eigenvalue weighted by atomic mass is 16.5. The third-order valence-corrected chi connectivity index (χ3v) is 4.25. The molecule has 0 aliphatic carbocycles. The molecule has 0 bridgehead atoms. The van der Waals surface area contributed by atoms with Crippen LogP contribution in [-0.2, 0) is 6.42 Å². The van der Waals surface area contributed by atoms with Gasteiger partial charge in [-0.2, -0.15) is 5.26 Å². The lowest BCUT2D eigenvalue weighted by molar-refractivity contribution is 0.415. The fourth-order valence-electron chi connectivity index (χ4n) is 2.98. The molecule has 0 N–H and O–H groups in total. The van der Waals surface area contributed by atoms with Crippen LogP contribution in [0.25, 0.3) is 17.5 Å². The predicted octanol–water partition coefficient (Wildman–Crippen LogP) is 1.50. The van der Waals surface area contributed by atoms with Crippen LogP contribution in [0.1, 0.15) is 11.4 Å². The van der Waals surface area contributed by atoms with Crippen molar-refractivity contribution in [3.8, 4) is 17.5 Å². The van der Waals surface area contributed by atoms with Gasteiger partial charge in [0.1, 0.15) is 11.1 Å². The molecule has 0 aliphatic rings. The Morgan fingerprint density at radius 3 is 2.52 bits per heavy atom. The van der Waals surface area contributed by atoms with Gasteiger partial charge >= 0.3 is 0 Å². The van der Waals surface area contributed by atoms with Crippen molar-refractivity contribution >= 4 is 11.9 Å². The lowest BCUT2D eigenvalue weighted by Crippen LogP contribution is -2.30. The maximum Gasteiger partial charge on any atom is 0.282 e. The largest absolute Gasteiger partial charge is 0.497 e. The van der Waals surface area contributed by atoms with Gasteiger partial charge in [0.25, 0.3) is 5.56 Å². The Morgan fingerprint density at radius 1 is 1.11 bits per heavy atom. The summed E-state index contributed by atoms with van der Waals surface area (Å²) in [6.45, 7) is 0. The van der Waals surface area contributed by atoms with Crippen molar-refractivity contribution in [2.45, 2.75) is 6.42 Å². The second kappa shape index (κ2) is 6.77. The zero-order valence-corrected chi connectivity index (χ0v) is 14.5. The van der Waals surface area contributed by atoms with Gasteiger partial charge in [-0.15, -0.1) is 10.2 Å². The molecule has 7 heteroatoms. The topological polar surface area (TPSA) is 85.2 Å². The molecule has 0 atom stereocenters. The first-order valence-corrected chi connectivity index (χ1v) is 8.30. The van der Waals surface area contributed by atoms with Gasteiger partial charge in [0.05, 0.1) is 25.3 Å². The molecular formula is C20H15N5O2. The monoisotopic (exact) mass is 357 g/mol. The molecule has 0 fully saturated rings. The van der Waals surface area contributed by atoms with Crippen LogP contribution in [0.3, 0.4) is 0 Å². The number of nitrogens with zero attached hydrogens (tertiary/aromatic N) is 5. The molecule has 27 heavy (non-hydrogen) atoms. The van der Waals surface area contributed by atoms with Crippen LogP contribution in [-0.4, -0.2) is 26.3 Å². The number of imidazole rings is 1. The number of aromatic nitrogens is 4. The van der Waals surface area contributed by atoms with E-state index >= 15 is 0 Å². The maximum atomic E-state index is 13.2. The molecular weight excluding hydrogens is 342 g/mol. The number of nitriles is 1. The van der Waals surface area contributed by atoms with Crippen molar-refractivity contribution in [2.24, 2.45) is 0 Å².